The minimum absolute atomic E-state index is 0.0259. The van der Waals surface area contributed by atoms with Crippen LogP contribution in [0.4, 0.5) is 0 Å². The second-order valence-electron chi connectivity index (χ2n) is 9.81. The number of rotatable bonds is 15. The molecule has 0 heterocycles. The van der Waals surface area contributed by atoms with Crippen LogP contribution in [0.25, 0.3) is 0 Å². The van der Waals surface area contributed by atoms with Crippen molar-refractivity contribution < 1.29 is 34.2 Å². The fourth-order valence-electron chi connectivity index (χ4n) is 3.80. The summed E-state index contributed by atoms with van der Waals surface area (Å²) < 4.78 is 0. The molecule has 3 atom stereocenters. The normalized spacial score (nSPS) is 13.0. The third-order valence-corrected chi connectivity index (χ3v) is 5.86. The molecule has 8 N–H and O–H groups in total. The van der Waals surface area contributed by atoms with E-state index in [1.165, 1.54) is 24.3 Å². The molecule has 0 aliphatic rings. The van der Waals surface area contributed by atoms with Crippen molar-refractivity contribution in [1.29, 1.82) is 0 Å². The number of carbonyl (C=O) groups excluding carboxylic acids is 4. The third-order valence-electron chi connectivity index (χ3n) is 5.86. The van der Waals surface area contributed by atoms with Crippen LogP contribution in [0, 0.1) is 5.92 Å². The van der Waals surface area contributed by atoms with Gasteiger partial charge in [-0.15, -0.1) is 0 Å². The van der Waals surface area contributed by atoms with E-state index in [0.717, 1.165) is 5.56 Å². The van der Waals surface area contributed by atoms with Gasteiger partial charge in [-0.3, -0.25) is 19.2 Å². The molecule has 0 aromatic heterocycles. The molecule has 0 spiro atoms. The van der Waals surface area contributed by atoms with Crippen molar-refractivity contribution >= 4 is 29.6 Å². The van der Waals surface area contributed by atoms with Crippen molar-refractivity contribution in [3.05, 3.63) is 65.7 Å². The van der Waals surface area contributed by atoms with Crippen LogP contribution < -0.4 is 27.0 Å². The molecule has 0 aliphatic heterocycles. The molecular formula is C28H37N5O7. The van der Waals surface area contributed by atoms with Gasteiger partial charge in [0.15, 0.2) is 0 Å². The number of carboxylic acids is 1. The van der Waals surface area contributed by atoms with Gasteiger partial charge in [-0.1, -0.05) is 56.3 Å². The second kappa shape index (κ2) is 15.8. The van der Waals surface area contributed by atoms with Gasteiger partial charge >= 0.3 is 5.97 Å². The van der Waals surface area contributed by atoms with Gasteiger partial charge in [0.2, 0.25) is 23.6 Å². The van der Waals surface area contributed by atoms with Gasteiger partial charge in [0.25, 0.3) is 0 Å². The molecule has 2 rings (SSSR count). The number of amides is 4. The van der Waals surface area contributed by atoms with E-state index in [2.05, 4.69) is 21.3 Å². The summed E-state index contributed by atoms with van der Waals surface area (Å²) in [6.07, 6.45) is 0.586. The van der Waals surface area contributed by atoms with Gasteiger partial charge < -0.3 is 37.2 Å². The molecule has 12 nitrogen and oxygen atoms in total. The van der Waals surface area contributed by atoms with E-state index in [4.69, 9.17) is 5.73 Å². The highest BCUT2D eigenvalue weighted by molar-refractivity contribution is 5.93. The lowest BCUT2D eigenvalue weighted by Crippen LogP contribution is -2.54. The average molecular weight is 556 g/mol. The van der Waals surface area contributed by atoms with E-state index < -0.39 is 60.8 Å². The van der Waals surface area contributed by atoms with Crippen molar-refractivity contribution in [3.63, 3.8) is 0 Å². The standard InChI is InChI=1S/C28H37N5O7/c1-17(2)12-21(29)26(37)33-22(13-18-6-4-3-5-7-18)27(38)31-15-24(35)30-16-25(36)32-23(28(39)40)14-19-8-10-20(34)11-9-19/h3-11,17,21-23,34H,12-16,29H2,1-2H3,(H,30,35)(H,31,38)(H,32,36)(H,33,37)(H,39,40)/t21-,22-,23-/m0/s1. The van der Waals surface area contributed by atoms with Crippen LogP contribution in [0.5, 0.6) is 5.75 Å². The van der Waals surface area contributed by atoms with Gasteiger partial charge in [0, 0.05) is 12.8 Å². The van der Waals surface area contributed by atoms with Crippen molar-refractivity contribution in [2.45, 2.75) is 51.2 Å². The smallest absolute Gasteiger partial charge is 0.326 e. The summed E-state index contributed by atoms with van der Waals surface area (Å²) in [4.78, 5) is 61.5. The van der Waals surface area contributed by atoms with Crippen LogP contribution in [0.2, 0.25) is 0 Å². The lowest BCUT2D eigenvalue weighted by Gasteiger charge is -2.21. The highest BCUT2D eigenvalue weighted by Gasteiger charge is 2.25. The number of nitrogens with one attached hydrogen (secondary N) is 4. The Kier molecular flexibility index (Phi) is 12.6. The first-order chi connectivity index (χ1) is 18.9. The predicted molar refractivity (Wildman–Crippen MR) is 147 cm³/mol. The Balaban J connectivity index is 1.88. The minimum Gasteiger partial charge on any atom is -0.508 e. The second-order valence-corrected chi connectivity index (χ2v) is 9.81. The van der Waals surface area contributed by atoms with Crippen LogP contribution >= 0.6 is 0 Å². The first kappa shape index (κ1) is 31.8. The lowest BCUT2D eigenvalue weighted by molar-refractivity contribution is -0.141. The molecule has 2 aromatic carbocycles. The predicted octanol–water partition coefficient (Wildman–Crippen LogP) is -0.163. The Hall–Kier alpha value is -4.45. The molecule has 0 fully saturated rings. The highest BCUT2D eigenvalue weighted by Crippen LogP contribution is 2.11. The fraction of sp³-hybridized carbons (Fsp3) is 0.393. The zero-order chi connectivity index (χ0) is 29.7. The molecule has 0 aliphatic carbocycles. The molecule has 12 heteroatoms. The first-order valence-corrected chi connectivity index (χ1v) is 12.9. The van der Waals surface area contributed by atoms with Crippen LogP contribution in [0.1, 0.15) is 31.4 Å². The molecule has 0 saturated heterocycles. The zero-order valence-electron chi connectivity index (χ0n) is 22.6. The third kappa shape index (κ3) is 11.5. The zero-order valence-corrected chi connectivity index (χ0v) is 22.6. The summed E-state index contributed by atoms with van der Waals surface area (Å²) in [7, 11) is 0. The lowest BCUT2D eigenvalue weighted by atomic mass is 10.0. The first-order valence-electron chi connectivity index (χ1n) is 12.9. The van der Waals surface area contributed by atoms with E-state index in [1.807, 2.05) is 19.9 Å². The summed E-state index contributed by atoms with van der Waals surface area (Å²) in [5, 5.41) is 28.5. The molecular weight excluding hydrogens is 518 g/mol. The van der Waals surface area contributed by atoms with Crippen molar-refractivity contribution in [1.82, 2.24) is 21.3 Å². The minimum atomic E-state index is -1.26. The van der Waals surface area contributed by atoms with E-state index in [-0.39, 0.29) is 24.5 Å². The molecule has 0 radical (unpaired) electrons. The van der Waals surface area contributed by atoms with Crippen LogP contribution in [0.3, 0.4) is 0 Å². The summed E-state index contributed by atoms with van der Waals surface area (Å²) >= 11 is 0. The Labute approximate surface area is 232 Å². The maximum atomic E-state index is 12.9. The number of nitrogens with two attached hydrogens (primary N) is 1. The van der Waals surface area contributed by atoms with Gasteiger partial charge in [0.05, 0.1) is 19.1 Å². The van der Waals surface area contributed by atoms with Crippen LogP contribution in [-0.4, -0.2) is 71.0 Å². The highest BCUT2D eigenvalue weighted by atomic mass is 16.4. The maximum Gasteiger partial charge on any atom is 0.326 e. The number of phenolic OH excluding ortho intramolecular Hbond substituents is 1. The maximum absolute atomic E-state index is 12.9. The van der Waals surface area contributed by atoms with Crippen LogP contribution in [-0.2, 0) is 36.8 Å². The average Bonchev–Trinajstić information content (AvgIpc) is 2.91. The summed E-state index contributed by atoms with van der Waals surface area (Å²) in [6.45, 7) is 2.87. The molecule has 2 aromatic rings. The fourth-order valence-corrected chi connectivity index (χ4v) is 3.80. The Morgan fingerprint density at radius 2 is 1.32 bits per heavy atom. The van der Waals surface area contributed by atoms with Crippen molar-refractivity contribution in [2.24, 2.45) is 11.7 Å². The number of phenols is 1. The molecule has 0 unspecified atom stereocenters. The van der Waals surface area contributed by atoms with Gasteiger partial charge in [-0.25, -0.2) is 4.79 Å². The van der Waals surface area contributed by atoms with Gasteiger partial charge in [0.1, 0.15) is 17.8 Å². The van der Waals surface area contributed by atoms with Crippen molar-refractivity contribution in [3.8, 4) is 5.75 Å². The monoisotopic (exact) mass is 555 g/mol. The summed E-state index contributed by atoms with van der Waals surface area (Å²) in [5.74, 6) is -3.56. The van der Waals surface area contributed by atoms with E-state index in [9.17, 15) is 34.2 Å². The van der Waals surface area contributed by atoms with Gasteiger partial charge in [-0.05, 0) is 35.6 Å². The molecule has 4 amide bonds. The number of hydrogen-bond donors (Lipinski definition) is 7. The van der Waals surface area contributed by atoms with E-state index >= 15 is 0 Å². The van der Waals surface area contributed by atoms with E-state index in [1.54, 1.807) is 24.3 Å². The Morgan fingerprint density at radius 1 is 0.750 bits per heavy atom. The largest absolute Gasteiger partial charge is 0.508 e. The number of aromatic hydroxyl groups is 1. The Bertz CT molecular complexity index is 1160. The van der Waals surface area contributed by atoms with E-state index in [0.29, 0.717) is 12.0 Å². The quantitative estimate of drug-likeness (QED) is 0.157. The topological polar surface area (TPSA) is 200 Å². The number of carbonyl (C=O) groups is 5. The van der Waals surface area contributed by atoms with Crippen LogP contribution in [0.15, 0.2) is 54.6 Å². The number of hydrogen-bond acceptors (Lipinski definition) is 7. The molecule has 40 heavy (non-hydrogen) atoms. The molecule has 216 valence electrons. The Morgan fingerprint density at radius 3 is 1.93 bits per heavy atom. The molecule has 0 bridgehead atoms. The summed E-state index contributed by atoms with van der Waals surface area (Å²) in [6, 6.07) is 11.9. The number of aliphatic carboxylic acids is 1. The summed E-state index contributed by atoms with van der Waals surface area (Å²) in [5.41, 5.74) is 7.34. The SMILES string of the molecule is CC(C)C[C@H](N)C(=O)N[C@@H](Cc1ccccc1)C(=O)NCC(=O)NCC(=O)N[C@@H](Cc1ccc(O)cc1)C(=O)O. The van der Waals surface area contributed by atoms with Crippen molar-refractivity contribution in [2.75, 3.05) is 13.1 Å². The number of benzene rings is 2. The molecule has 0 saturated carbocycles. The van der Waals surface area contributed by atoms with Gasteiger partial charge in [-0.2, -0.15) is 0 Å². The number of carboxylic acid groups (broad SMARTS) is 1.